The molecule has 0 amide bonds. The molecule has 2 N–H and O–H groups in total. The summed E-state index contributed by atoms with van der Waals surface area (Å²) in [4.78, 5) is 0. The molecule has 0 aromatic carbocycles. The molecule has 2 rings (SSSR count). The molecule has 1 fully saturated rings. The minimum atomic E-state index is -3.52. The number of sulfonamides is 1. The van der Waals surface area contributed by atoms with Crippen molar-refractivity contribution in [3.8, 4) is 0 Å². The first-order chi connectivity index (χ1) is 9.87. The molecule has 6 nitrogen and oxygen atoms in total. The van der Waals surface area contributed by atoms with Gasteiger partial charge in [-0.15, -0.1) is 0 Å². The van der Waals surface area contributed by atoms with Gasteiger partial charge in [-0.05, 0) is 39.2 Å². The summed E-state index contributed by atoms with van der Waals surface area (Å²) in [6, 6.07) is 0.0402. The maximum absolute atomic E-state index is 12.9. The van der Waals surface area contributed by atoms with Gasteiger partial charge in [-0.1, -0.05) is 13.8 Å². The highest BCUT2D eigenvalue weighted by Crippen LogP contribution is 2.30. The minimum absolute atomic E-state index is 0.0402. The molecule has 21 heavy (non-hydrogen) atoms. The zero-order valence-corrected chi connectivity index (χ0v) is 14.1. The van der Waals surface area contributed by atoms with Crippen LogP contribution in [-0.4, -0.2) is 42.1 Å². The van der Waals surface area contributed by atoms with Crippen LogP contribution >= 0.6 is 0 Å². The molecule has 0 spiro atoms. The van der Waals surface area contributed by atoms with Gasteiger partial charge >= 0.3 is 0 Å². The lowest BCUT2D eigenvalue weighted by molar-refractivity contribution is 0.403. The molecule has 7 heteroatoms. The Hall–Kier alpha value is -0.920. The number of nitrogens with one attached hydrogen (secondary N) is 2. The molecule has 2 atom stereocenters. The van der Waals surface area contributed by atoms with Crippen molar-refractivity contribution in [2.75, 3.05) is 13.1 Å². The lowest BCUT2D eigenvalue weighted by Gasteiger charge is -2.20. The van der Waals surface area contributed by atoms with Gasteiger partial charge in [0, 0.05) is 30.4 Å². The second kappa shape index (κ2) is 6.46. The van der Waals surface area contributed by atoms with Crippen LogP contribution in [0.4, 0.5) is 0 Å². The van der Waals surface area contributed by atoms with E-state index < -0.39 is 10.0 Å². The standard InChI is InChI=1S/C14H26N4O2S/c1-5-6-15-8-13-12(4)16-17-14(13)21(19,20)18-9-10(2)7-11(18)3/h10-11,15H,5-9H2,1-4H3,(H,16,17). The van der Waals surface area contributed by atoms with E-state index in [1.165, 1.54) is 0 Å². The number of nitrogens with zero attached hydrogens (tertiary/aromatic N) is 2. The van der Waals surface area contributed by atoms with Gasteiger partial charge in [0.25, 0.3) is 10.0 Å². The van der Waals surface area contributed by atoms with Crippen molar-refractivity contribution < 1.29 is 8.42 Å². The summed E-state index contributed by atoms with van der Waals surface area (Å²) in [7, 11) is -3.52. The van der Waals surface area contributed by atoms with E-state index in [1.54, 1.807) is 4.31 Å². The Kier molecular flexibility index (Phi) is 5.06. The van der Waals surface area contributed by atoms with Gasteiger partial charge in [-0.2, -0.15) is 9.40 Å². The molecule has 1 aliphatic heterocycles. The van der Waals surface area contributed by atoms with E-state index in [0.717, 1.165) is 30.6 Å². The van der Waals surface area contributed by atoms with Crippen LogP contribution in [0.15, 0.2) is 5.03 Å². The third-order valence-corrected chi connectivity index (χ3v) is 6.00. The lowest BCUT2D eigenvalue weighted by Crippen LogP contribution is -2.35. The molecule has 1 aromatic rings. The largest absolute Gasteiger partial charge is 0.313 e. The van der Waals surface area contributed by atoms with Gasteiger partial charge in [0.2, 0.25) is 0 Å². The number of hydrogen-bond donors (Lipinski definition) is 2. The zero-order valence-electron chi connectivity index (χ0n) is 13.3. The first-order valence-corrected chi connectivity index (χ1v) is 9.08. The molecule has 1 aliphatic rings. The van der Waals surface area contributed by atoms with Crippen molar-refractivity contribution in [2.24, 2.45) is 5.92 Å². The lowest BCUT2D eigenvalue weighted by atomic mass is 10.1. The second-order valence-electron chi connectivity index (χ2n) is 6.07. The van der Waals surface area contributed by atoms with E-state index in [2.05, 4.69) is 29.4 Å². The summed E-state index contributed by atoms with van der Waals surface area (Å²) >= 11 is 0. The van der Waals surface area contributed by atoms with Crippen LogP contribution in [0.1, 0.15) is 44.9 Å². The fourth-order valence-corrected chi connectivity index (χ4v) is 4.88. The molecule has 0 saturated carbocycles. The molecule has 120 valence electrons. The molecule has 0 aliphatic carbocycles. The topological polar surface area (TPSA) is 78.1 Å². The van der Waals surface area contributed by atoms with Crippen LogP contribution in [-0.2, 0) is 16.6 Å². The molecule has 2 heterocycles. The first kappa shape index (κ1) is 16.5. The predicted molar refractivity (Wildman–Crippen MR) is 82.5 cm³/mol. The van der Waals surface area contributed by atoms with Gasteiger partial charge in [0.1, 0.15) is 0 Å². The third-order valence-electron chi connectivity index (χ3n) is 4.04. The number of aryl methyl sites for hydroxylation is 1. The van der Waals surface area contributed by atoms with Crippen molar-refractivity contribution in [2.45, 2.75) is 58.1 Å². The summed E-state index contributed by atoms with van der Waals surface area (Å²) in [6.07, 6.45) is 1.92. The molecular formula is C14H26N4O2S. The summed E-state index contributed by atoms with van der Waals surface area (Å²) in [6.45, 7) is 9.98. The number of rotatable bonds is 6. The smallest absolute Gasteiger partial charge is 0.262 e. The maximum Gasteiger partial charge on any atom is 0.262 e. The Balaban J connectivity index is 2.28. The molecule has 1 saturated heterocycles. The van der Waals surface area contributed by atoms with Crippen LogP contribution in [0.3, 0.4) is 0 Å². The Labute approximate surface area is 127 Å². The van der Waals surface area contributed by atoms with Gasteiger partial charge < -0.3 is 5.32 Å². The fraction of sp³-hybridized carbons (Fsp3) is 0.786. The van der Waals surface area contributed by atoms with E-state index in [4.69, 9.17) is 0 Å². The van der Waals surface area contributed by atoms with Gasteiger partial charge in [-0.3, -0.25) is 5.10 Å². The van der Waals surface area contributed by atoms with Crippen LogP contribution in [0.25, 0.3) is 0 Å². The minimum Gasteiger partial charge on any atom is -0.313 e. The monoisotopic (exact) mass is 314 g/mol. The molecule has 0 radical (unpaired) electrons. The number of aromatic amines is 1. The third kappa shape index (κ3) is 3.30. The van der Waals surface area contributed by atoms with E-state index in [-0.39, 0.29) is 11.1 Å². The molecular weight excluding hydrogens is 288 g/mol. The van der Waals surface area contributed by atoms with Crippen LogP contribution in [0.2, 0.25) is 0 Å². The first-order valence-electron chi connectivity index (χ1n) is 7.64. The maximum atomic E-state index is 12.9. The molecule has 1 aromatic heterocycles. The van der Waals surface area contributed by atoms with E-state index in [9.17, 15) is 8.42 Å². The Morgan fingerprint density at radius 2 is 2.14 bits per heavy atom. The van der Waals surface area contributed by atoms with Gasteiger partial charge in [0.05, 0.1) is 0 Å². The SMILES string of the molecule is CCCNCc1c(S(=O)(=O)N2CC(C)CC2C)n[nH]c1C. The molecule has 0 bridgehead atoms. The average Bonchev–Trinajstić information content (AvgIpc) is 2.94. The van der Waals surface area contributed by atoms with Gasteiger partial charge in [-0.25, -0.2) is 8.42 Å². The fourth-order valence-electron chi connectivity index (χ4n) is 2.95. The summed E-state index contributed by atoms with van der Waals surface area (Å²) < 4.78 is 27.3. The van der Waals surface area contributed by atoms with Crippen molar-refractivity contribution in [3.05, 3.63) is 11.3 Å². The average molecular weight is 314 g/mol. The number of hydrogen-bond acceptors (Lipinski definition) is 4. The summed E-state index contributed by atoms with van der Waals surface area (Å²) in [5.74, 6) is 0.400. The van der Waals surface area contributed by atoms with Gasteiger partial charge in [0.15, 0.2) is 5.03 Å². The van der Waals surface area contributed by atoms with Crippen molar-refractivity contribution >= 4 is 10.0 Å². The highest BCUT2D eigenvalue weighted by atomic mass is 32.2. The van der Waals surface area contributed by atoms with E-state index >= 15 is 0 Å². The number of aromatic nitrogens is 2. The van der Waals surface area contributed by atoms with Crippen molar-refractivity contribution in [1.82, 2.24) is 19.8 Å². The van der Waals surface area contributed by atoms with Crippen molar-refractivity contribution in [1.29, 1.82) is 0 Å². The van der Waals surface area contributed by atoms with Crippen LogP contribution < -0.4 is 5.32 Å². The van der Waals surface area contributed by atoms with Crippen LogP contribution in [0, 0.1) is 12.8 Å². The summed E-state index contributed by atoms with van der Waals surface area (Å²) in [5, 5.41) is 10.3. The Bertz CT molecular complexity index is 582. The Morgan fingerprint density at radius 1 is 1.43 bits per heavy atom. The van der Waals surface area contributed by atoms with Crippen molar-refractivity contribution in [3.63, 3.8) is 0 Å². The zero-order chi connectivity index (χ0) is 15.6. The molecule has 2 unspecified atom stereocenters. The number of H-pyrrole nitrogens is 1. The highest BCUT2D eigenvalue weighted by Gasteiger charge is 2.38. The highest BCUT2D eigenvalue weighted by molar-refractivity contribution is 7.89. The van der Waals surface area contributed by atoms with Crippen LogP contribution in [0.5, 0.6) is 0 Å². The van der Waals surface area contributed by atoms with E-state index in [1.807, 2.05) is 13.8 Å². The predicted octanol–water partition coefficient (Wildman–Crippen LogP) is 1.64. The Morgan fingerprint density at radius 3 is 2.71 bits per heavy atom. The summed E-state index contributed by atoms with van der Waals surface area (Å²) in [5.41, 5.74) is 1.58. The second-order valence-corrected chi connectivity index (χ2v) is 7.88. The van der Waals surface area contributed by atoms with E-state index in [0.29, 0.717) is 19.0 Å². The normalized spacial score (nSPS) is 23.8. The quantitative estimate of drug-likeness (QED) is 0.782.